The summed E-state index contributed by atoms with van der Waals surface area (Å²) < 4.78 is 9.83. The maximum atomic E-state index is 4.94. The zero-order valence-corrected chi connectivity index (χ0v) is 10.7. The molecule has 0 atom stereocenters. The number of aromatic nitrogens is 1. The molecule has 1 heterocycles. The van der Waals surface area contributed by atoms with Gasteiger partial charge in [0.1, 0.15) is 0 Å². The first kappa shape index (κ1) is 11.7. The molecule has 12 heavy (non-hydrogen) atoms. The Morgan fingerprint density at radius 1 is 1.42 bits per heavy atom. The molecule has 0 radical (unpaired) electrons. The number of hydrogen-bond donors (Lipinski definition) is 0. The molecular formula is C7H8ClNO2Zn. The minimum absolute atomic E-state index is 0.532. The first-order valence-electron chi connectivity index (χ1n) is 3.10. The summed E-state index contributed by atoms with van der Waals surface area (Å²) in [5, 5.41) is 0. The monoisotopic (exact) mass is 237 g/mol. The van der Waals surface area contributed by atoms with Gasteiger partial charge in [0.2, 0.25) is 0 Å². The molecule has 0 saturated carbocycles. The van der Waals surface area contributed by atoms with Gasteiger partial charge in [-0.25, -0.2) is 0 Å². The molecule has 0 saturated heterocycles. The molecule has 62 valence electrons. The van der Waals surface area contributed by atoms with Crippen LogP contribution in [0.1, 0.15) is 0 Å². The standard InChI is InChI=1S/C7H8NO2.ClH.Zn/c1-9-6-3-4-8-5-7(6)10-2;;/h3-4H,1-2H3;1H;/q-1;;+2/p-1. The SMILES string of the molecule is COc1[c-]nccc1OC.[Cl][Zn+]. The van der Waals surface area contributed by atoms with Crippen molar-refractivity contribution in [3.05, 3.63) is 18.5 Å². The molecule has 0 fully saturated rings. The Hall–Kier alpha value is -0.337. The van der Waals surface area contributed by atoms with Crippen LogP contribution in [-0.4, -0.2) is 19.2 Å². The molecule has 0 aliphatic carbocycles. The molecule has 0 aromatic carbocycles. The number of hydrogen-bond acceptors (Lipinski definition) is 3. The Morgan fingerprint density at radius 3 is 2.50 bits per heavy atom. The summed E-state index contributed by atoms with van der Waals surface area (Å²) in [6, 6.07) is 1.72. The maximum absolute atomic E-state index is 4.94. The van der Waals surface area contributed by atoms with Gasteiger partial charge in [0.15, 0.2) is 0 Å². The molecule has 1 aromatic heterocycles. The van der Waals surface area contributed by atoms with Crippen molar-refractivity contribution in [3.63, 3.8) is 0 Å². The van der Waals surface area contributed by atoms with Crippen molar-refractivity contribution >= 4 is 9.69 Å². The molecule has 3 nitrogen and oxygen atoms in total. The van der Waals surface area contributed by atoms with Crippen LogP contribution in [0, 0.1) is 6.20 Å². The van der Waals surface area contributed by atoms with Gasteiger partial charge < -0.3 is 14.5 Å². The molecule has 1 rings (SSSR count). The molecular weight excluding hydrogens is 231 g/mol. The topological polar surface area (TPSA) is 31.4 Å². The van der Waals surface area contributed by atoms with E-state index < -0.39 is 0 Å². The molecule has 5 heteroatoms. The fourth-order valence-electron chi connectivity index (χ4n) is 0.639. The summed E-state index contributed by atoms with van der Waals surface area (Å²) in [5.74, 6) is 1.18. The van der Waals surface area contributed by atoms with Crippen LogP contribution < -0.4 is 9.47 Å². The number of methoxy groups -OCH3 is 2. The predicted molar refractivity (Wildman–Crippen MR) is 42.0 cm³/mol. The Morgan fingerprint density at radius 2 is 2.08 bits per heavy atom. The van der Waals surface area contributed by atoms with E-state index in [0.717, 1.165) is 17.3 Å². The minimum atomic E-state index is 0.532. The molecule has 0 aliphatic rings. The van der Waals surface area contributed by atoms with E-state index in [1.54, 1.807) is 26.5 Å². The van der Waals surface area contributed by atoms with Gasteiger partial charge in [-0.3, -0.25) is 0 Å². The molecule has 0 aliphatic heterocycles. The summed E-state index contributed by atoms with van der Waals surface area (Å²) in [6.07, 6.45) is 4.24. The normalized spacial score (nSPS) is 8.08. The van der Waals surface area contributed by atoms with Crippen LogP contribution in [0.4, 0.5) is 0 Å². The van der Waals surface area contributed by atoms with E-state index in [4.69, 9.17) is 19.2 Å². The molecule has 1 aromatic rings. The van der Waals surface area contributed by atoms with E-state index in [2.05, 4.69) is 11.2 Å². The van der Waals surface area contributed by atoms with E-state index >= 15 is 0 Å². The van der Waals surface area contributed by atoms with Crippen molar-refractivity contribution in [1.82, 2.24) is 4.98 Å². The van der Waals surface area contributed by atoms with E-state index in [1.807, 2.05) is 0 Å². The number of ether oxygens (including phenoxy) is 2. The fourth-order valence-corrected chi connectivity index (χ4v) is 0.639. The number of pyridine rings is 1. The van der Waals surface area contributed by atoms with Crippen LogP contribution in [0.3, 0.4) is 0 Å². The molecule has 0 unspecified atom stereocenters. The zero-order valence-electron chi connectivity index (χ0n) is 7.00. The first-order valence-corrected chi connectivity index (χ1v) is 6.99. The molecule has 0 N–H and O–H groups in total. The van der Waals surface area contributed by atoms with E-state index in [-0.39, 0.29) is 0 Å². The van der Waals surface area contributed by atoms with Gasteiger partial charge >= 0.3 is 27.0 Å². The van der Waals surface area contributed by atoms with Crippen molar-refractivity contribution in [2.45, 2.75) is 0 Å². The van der Waals surface area contributed by atoms with Crippen molar-refractivity contribution in [2.75, 3.05) is 14.2 Å². The summed E-state index contributed by atoms with van der Waals surface area (Å²) >= 11 is 0.847. The third-order valence-corrected chi connectivity index (χ3v) is 1.11. The van der Waals surface area contributed by atoms with Crippen LogP contribution >= 0.6 is 9.69 Å². The van der Waals surface area contributed by atoms with Gasteiger partial charge in [-0.2, -0.15) is 0 Å². The zero-order chi connectivity index (χ0) is 9.40. The van der Waals surface area contributed by atoms with Crippen LogP contribution in [0.15, 0.2) is 12.3 Å². The predicted octanol–water partition coefficient (Wildman–Crippen LogP) is 1.59. The second-order valence-electron chi connectivity index (χ2n) is 1.66. The Kier molecular flexibility index (Phi) is 7.11. The van der Waals surface area contributed by atoms with Gasteiger partial charge in [0, 0.05) is 0 Å². The summed E-state index contributed by atoms with van der Waals surface area (Å²) in [5.41, 5.74) is 0. The van der Waals surface area contributed by atoms with E-state index in [0.29, 0.717) is 11.5 Å². The van der Waals surface area contributed by atoms with Crippen LogP contribution in [0.25, 0.3) is 0 Å². The third kappa shape index (κ3) is 3.37. The van der Waals surface area contributed by atoms with Crippen LogP contribution in [0.2, 0.25) is 0 Å². The van der Waals surface area contributed by atoms with Crippen molar-refractivity contribution in [3.8, 4) is 11.5 Å². The quantitative estimate of drug-likeness (QED) is 0.580. The average Bonchev–Trinajstić information content (AvgIpc) is 2.20. The van der Waals surface area contributed by atoms with Crippen LogP contribution in [0.5, 0.6) is 11.5 Å². The van der Waals surface area contributed by atoms with Gasteiger partial charge in [0.25, 0.3) is 0 Å². The average molecular weight is 239 g/mol. The Bertz CT molecular complexity index is 199. The van der Waals surface area contributed by atoms with Gasteiger partial charge in [0.05, 0.1) is 25.7 Å². The number of halogens is 1. The Balaban J connectivity index is 0.000000561. The second kappa shape index (κ2) is 7.32. The summed E-state index contributed by atoms with van der Waals surface area (Å²) in [6.45, 7) is 0. The fraction of sp³-hybridized carbons (Fsp3) is 0.286. The molecule has 0 amide bonds. The van der Waals surface area contributed by atoms with E-state index in [9.17, 15) is 0 Å². The van der Waals surface area contributed by atoms with Crippen molar-refractivity contribution in [1.29, 1.82) is 0 Å². The summed E-state index contributed by atoms with van der Waals surface area (Å²) in [4.78, 5) is 3.73. The van der Waals surface area contributed by atoms with E-state index in [1.165, 1.54) is 0 Å². The second-order valence-corrected chi connectivity index (χ2v) is 1.66. The number of rotatable bonds is 2. The third-order valence-electron chi connectivity index (χ3n) is 1.11. The first-order chi connectivity index (χ1) is 5.88. The van der Waals surface area contributed by atoms with Crippen molar-refractivity contribution < 1.29 is 26.8 Å². The molecule has 0 bridgehead atoms. The van der Waals surface area contributed by atoms with Crippen LogP contribution in [-0.2, 0) is 17.3 Å². The van der Waals surface area contributed by atoms with Gasteiger partial charge in [-0.15, -0.1) is 6.07 Å². The summed E-state index contributed by atoms with van der Waals surface area (Å²) in [7, 11) is 7.89. The van der Waals surface area contributed by atoms with Crippen molar-refractivity contribution in [2.24, 2.45) is 0 Å². The Labute approximate surface area is 85.8 Å². The van der Waals surface area contributed by atoms with Gasteiger partial charge in [-0.1, -0.05) is 6.20 Å². The molecule has 0 spiro atoms. The number of nitrogens with zero attached hydrogens (tertiary/aromatic N) is 1. The van der Waals surface area contributed by atoms with Gasteiger partial charge in [-0.05, 0) is 6.20 Å².